The highest BCUT2D eigenvalue weighted by atomic mass is 16.5. The van der Waals surface area contributed by atoms with Crippen LogP contribution < -0.4 is 5.32 Å². The number of rotatable bonds is 6. The third kappa shape index (κ3) is 4.04. The summed E-state index contributed by atoms with van der Waals surface area (Å²) >= 11 is 0. The minimum absolute atomic E-state index is 0.242. The maximum atomic E-state index is 12.5. The second-order valence-electron chi connectivity index (χ2n) is 7.12. The fraction of sp³-hybridized carbons (Fsp3) is 0.318. The Kier molecular flexibility index (Phi) is 5.75. The molecule has 6 nitrogen and oxygen atoms in total. The fourth-order valence-electron chi connectivity index (χ4n) is 3.42. The lowest BCUT2D eigenvalue weighted by atomic mass is 9.92. The van der Waals surface area contributed by atoms with Crippen LogP contribution in [0.1, 0.15) is 11.1 Å². The van der Waals surface area contributed by atoms with Crippen LogP contribution in [0.25, 0.3) is 11.1 Å². The number of likely N-dealkylation sites (tertiary alicyclic amines) is 1. The van der Waals surface area contributed by atoms with Crippen molar-refractivity contribution in [1.82, 2.24) is 10.2 Å². The SMILES string of the molecule is COC1(C(=O)N[C@H](C#N)Cc2ccc(-c3ccc(C#N)cc3)cc2)CN(C)C1. The smallest absolute Gasteiger partial charge is 0.255 e. The molecule has 1 aliphatic heterocycles. The highest BCUT2D eigenvalue weighted by Gasteiger charge is 2.48. The Balaban J connectivity index is 1.64. The number of hydrogen-bond acceptors (Lipinski definition) is 5. The summed E-state index contributed by atoms with van der Waals surface area (Å²) < 4.78 is 5.40. The second-order valence-corrected chi connectivity index (χ2v) is 7.12. The molecule has 1 amide bonds. The van der Waals surface area contributed by atoms with Crippen LogP contribution in [0.5, 0.6) is 0 Å². The standard InChI is InChI=1S/C22H22N4O2/c1-26-14-22(15-26,28-2)21(27)25-20(13-24)11-16-3-7-18(8-4-16)19-9-5-17(12-23)6-10-19/h3-10,20H,11,14-15H2,1-2H3,(H,25,27)/t20-/m0/s1. The van der Waals surface area contributed by atoms with E-state index in [4.69, 9.17) is 10.00 Å². The van der Waals surface area contributed by atoms with Gasteiger partial charge in [-0.15, -0.1) is 0 Å². The van der Waals surface area contributed by atoms with Gasteiger partial charge in [-0.1, -0.05) is 36.4 Å². The fourth-order valence-corrected chi connectivity index (χ4v) is 3.42. The van der Waals surface area contributed by atoms with Gasteiger partial charge in [0.1, 0.15) is 6.04 Å². The van der Waals surface area contributed by atoms with Gasteiger partial charge in [0, 0.05) is 26.6 Å². The van der Waals surface area contributed by atoms with E-state index in [1.165, 1.54) is 7.11 Å². The maximum Gasteiger partial charge on any atom is 0.255 e. The average molecular weight is 374 g/mol. The predicted octanol–water partition coefficient (Wildman–Crippen LogP) is 2.11. The first-order valence-electron chi connectivity index (χ1n) is 9.03. The summed E-state index contributed by atoms with van der Waals surface area (Å²) in [6.45, 7) is 1.04. The van der Waals surface area contributed by atoms with E-state index in [1.54, 1.807) is 12.1 Å². The number of methoxy groups -OCH3 is 1. The van der Waals surface area contributed by atoms with Gasteiger partial charge in [0.2, 0.25) is 0 Å². The van der Waals surface area contributed by atoms with Crippen molar-refractivity contribution >= 4 is 5.91 Å². The highest BCUT2D eigenvalue weighted by Crippen LogP contribution is 2.24. The lowest BCUT2D eigenvalue weighted by Gasteiger charge is -2.45. The molecule has 3 rings (SSSR count). The molecule has 1 atom stereocenters. The molecule has 0 radical (unpaired) electrons. The molecule has 28 heavy (non-hydrogen) atoms. The molecule has 0 aliphatic carbocycles. The van der Waals surface area contributed by atoms with Crippen LogP contribution in [0, 0.1) is 22.7 Å². The van der Waals surface area contributed by atoms with Gasteiger partial charge in [-0.3, -0.25) is 9.69 Å². The maximum absolute atomic E-state index is 12.5. The van der Waals surface area contributed by atoms with Crippen LogP contribution in [0.4, 0.5) is 0 Å². The topological polar surface area (TPSA) is 89.1 Å². The summed E-state index contributed by atoms with van der Waals surface area (Å²) in [4.78, 5) is 14.5. The van der Waals surface area contributed by atoms with E-state index in [-0.39, 0.29) is 5.91 Å². The van der Waals surface area contributed by atoms with Crippen molar-refractivity contribution in [3.63, 3.8) is 0 Å². The number of nitrogens with one attached hydrogen (secondary N) is 1. The molecule has 2 aromatic carbocycles. The highest BCUT2D eigenvalue weighted by molar-refractivity contribution is 5.87. The van der Waals surface area contributed by atoms with Crippen molar-refractivity contribution in [1.29, 1.82) is 10.5 Å². The minimum Gasteiger partial charge on any atom is -0.366 e. The lowest BCUT2D eigenvalue weighted by Crippen LogP contribution is -2.69. The zero-order chi connectivity index (χ0) is 20.1. The van der Waals surface area contributed by atoms with Gasteiger partial charge < -0.3 is 10.1 Å². The Morgan fingerprint density at radius 3 is 2.18 bits per heavy atom. The van der Waals surface area contributed by atoms with Crippen molar-refractivity contribution in [2.24, 2.45) is 0 Å². The van der Waals surface area contributed by atoms with Gasteiger partial charge in [-0.2, -0.15) is 10.5 Å². The second kappa shape index (κ2) is 8.22. The van der Waals surface area contributed by atoms with Crippen LogP contribution in [0.3, 0.4) is 0 Å². The van der Waals surface area contributed by atoms with E-state index in [0.29, 0.717) is 25.1 Å². The van der Waals surface area contributed by atoms with E-state index in [9.17, 15) is 10.1 Å². The van der Waals surface area contributed by atoms with Crippen molar-refractivity contribution in [3.05, 3.63) is 59.7 Å². The Morgan fingerprint density at radius 2 is 1.71 bits per heavy atom. The number of carbonyl (C=O) groups is 1. The largest absolute Gasteiger partial charge is 0.366 e. The summed E-state index contributed by atoms with van der Waals surface area (Å²) in [5, 5.41) is 21.2. The molecule has 1 saturated heterocycles. The number of ether oxygens (including phenoxy) is 1. The molecular formula is C22H22N4O2. The molecular weight excluding hydrogens is 352 g/mol. The van der Waals surface area contributed by atoms with E-state index < -0.39 is 11.6 Å². The predicted molar refractivity (Wildman–Crippen MR) is 105 cm³/mol. The van der Waals surface area contributed by atoms with Crippen molar-refractivity contribution in [2.75, 3.05) is 27.2 Å². The third-order valence-electron chi connectivity index (χ3n) is 5.06. The van der Waals surface area contributed by atoms with Gasteiger partial charge >= 0.3 is 0 Å². The lowest BCUT2D eigenvalue weighted by molar-refractivity contribution is -0.164. The minimum atomic E-state index is -0.858. The van der Waals surface area contributed by atoms with E-state index in [1.807, 2.05) is 48.3 Å². The Bertz CT molecular complexity index is 917. The molecule has 2 aromatic rings. The van der Waals surface area contributed by atoms with Crippen molar-refractivity contribution in [2.45, 2.75) is 18.1 Å². The number of amides is 1. The van der Waals surface area contributed by atoms with E-state index in [2.05, 4.69) is 17.5 Å². The van der Waals surface area contributed by atoms with Gasteiger partial charge in [-0.05, 0) is 35.9 Å². The third-order valence-corrected chi connectivity index (χ3v) is 5.06. The van der Waals surface area contributed by atoms with Gasteiger partial charge in [0.25, 0.3) is 5.91 Å². The first kappa shape index (κ1) is 19.6. The first-order valence-corrected chi connectivity index (χ1v) is 9.03. The number of likely N-dealkylation sites (N-methyl/N-ethyl adjacent to an activating group) is 1. The molecule has 0 spiro atoms. The van der Waals surface area contributed by atoms with Crippen LogP contribution in [0.2, 0.25) is 0 Å². The zero-order valence-corrected chi connectivity index (χ0v) is 16.0. The van der Waals surface area contributed by atoms with Gasteiger partial charge in [0.05, 0.1) is 17.7 Å². The number of carbonyl (C=O) groups excluding carboxylic acids is 1. The number of hydrogen-bond donors (Lipinski definition) is 1. The van der Waals surface area contributed by atoms with Crippen LogP contribution in [0.15, 0.2) is 48.5 Å². The molecule has 0 aromatic heterocycles. The molecule has 1 fully saturated rings. The van der Waals surface area contributed by atoms with Gasteiger partial charge in [-0.25, -0.2) is 0 Å². The normalized spacial score (nSPS) is 16.3. The van der Waals surface area contributed by atoms with E-state index in [0.717, 1.165) is 16.7 Å². The number of nitrogens with zero attached hydrogens (tertiary/aromatic N) is 3. The number of benzene rings is 2. The summed E-state index contributed by atoms with van der Waals surface area (Å²) in [6, 6.07) is 18.9. The molecule has 1 N–H and O–H groups in total. The van der Waals surface area contributed by atoms with Crippen LogP contribution >= 0.6 is 0 Å². The summed E-state index contributed by atoms with van der Waals surface area (Å²) in [7, 11) is 3.44. The molecule has 0 saturated carbocycles. The Hall–Kier alpha value is -3.19. The van der Waals surface area contributed by atoms with Gasteiger partial charge in [0.15, 0.2) is 5.60 Å². The molecule has 0 unspecified atom stereocenters. The first-order chi connectivity index (χ1) is 13.5. The summed E-state index contributed by atoms with van der Waals surface area (Å²) in [5.41, 5.74) is 2.78. The molecule has 0 bridgehead atoms. The molecule has 142 valence electrons. The summed E-state index contributed by atoms with van der Waals surface area (Å²) in [6.07, 6.45) is 0.422. The average Bonchev–Trinajstić information content (AvgIpc) is 2.71. The zero-order valence-electron chi connectivity index (χ0n) is 16.0. The molecule has 1 heterocycles. The summed E-state index contributed by atoms with van der Waals surface area (Å²) in [5.74, 6) is -0.242. The van der Waals surface area contributed by atoms with Crippen molar-refractivity contribution < 1.29 is 9.53 Å². The Morgan fingerprint density at radius 1 is 1.14 bits per heavy atom. The van der Waals surface area contributed by atoms with E-state index >= 15 is 0 Å². The van der Waals surface area contributed by atoms with Crippen LogP contribution in [-0.2, 0) is 16.0 Å². The quantitative estimate of drug-likeness (QED) is 0.836. The Labute approximate surface area is 165 Å². The molecule has 6 heteroatoms. The van der Waals surface area contributed by atoms with Crippen LogP contribution in [-0.4, -0.2) is 49.7 Å². The van der Waals surface area contributed by atoms with Crippen molar-refractivity contribution in [3.8, 4) is 23.3 Å². The number of nitriles is 2. The molecule has 1 aliphatic rings. The monoisotopic (exact) mass is 374 g/mol.